The molecule has 33 heavy (non-hydrogen) atoms. The number of hydrogen-bond donors (Lipinski definition) is 0. The average Bonchev–Trinajstić information content (AvgIpc) is 3.17. The molecule has 9 heteroatoms. The third-order valence-electron chi connectivity index (χ3n) is 5.76. The van der Waals surface area contributed by atoms with Crippen molar-refractivity contribution in [3.05, 3.63) is 59.2 Å². The number of carbonyl (C=O) groups excluding carboxylic acids is 2. The summed E-state index contributed by atoms with van der Waals surface area (Å²) in [5.41, 5.74) is 0.842. The van der Waals surface area contributed by atoms with E-state index in [2.05, 4.69) is 0 Å². The van der Waals surface area contributed by atoms with Crippen molar-refractivity contribution < 1.29 is 32.2 Å². The van der Waals surface area contributed by atoms with Crippen LogP contribution in [0.25, 0.3) is 0 Å². The first kappa shape index (κ1) is 24.4. The van der Waals surface area contributed by atoms with Gasteiger partial charge in [0.2, 0.25) is 11.8 Å². The van der Waals surface area contributed by atoms with E-state index in [1.807, 2.05) is 18.2 Å². The zero-order valence-electron chi connectivity index (χ0n) is 18.8. The number of hydrogen-bond acceptors (Lipinski definition) is 4. The standard InChI is InChI=1S/C24H27F3N2O4/c1-28(14-17-4-7-19(8-5-17)24(25,26)27)23(31)18-13-22(30)29(15-18)11-10-16-6-9-20(32-2)21(12-16)33-3/h4-9,12,18H,10-11,13-15H2,1-3H3. The van der Waals surface area contributed by atoms with E-state index in [1.165, 1.54) is 17.0 Å². The molecule has 1 heterocycles. The maximum atomic E-state index is 12.8. The quantitative estimate of drug-likeness (QED) is 0.597. The van der Waals surface area contributed by atoms with Crippen LogP contribution >= 0.6 is 0 Å². The summed E-state index contributed by atoms with van der Waals surface area (Å²) in [6, 6.07) is 10.3. The highest BCUT2D eigenvalue weighted by Gasteiger charge is 2.35. The summed E-state index contributed by atoms with van der Waals surface area (Å²) in [6.45, 7) is 0.969. The van der Waals surface area contributed by atoms with Crippen LogP contribution in [0.1, 0.15) is 23.1 Å². The van der Waals surface area contributed by atoms with E-state index in [-0.39, 0.29) is 24.8 Å². The first-order valence-electron chi connectivity index (χ1n) is 10.5. The molecule has 2 amide bonds. The van der Waals surface area contributed by atoms with E-state index in [9.17, 15) is 22.8 Å². The number of methoxy groups -OCH3 is 2. The summed E-state index contributed by atoms with van der Waals surface area (Å²) in [7, 11) is 4.71. The van der Waals surface area contributed by atoms with Crippen LogP contribution in [0, 0.1) is 5.92 Å². The van der Waals surface area contributed by atoms with Crippen LogP contribution in [0.2, 0.25) is 0 Å². The molecule has 2 aromatic carbocycles. The normalized spacial score (nSPS) is 16.1. The van der Waals surface area contributed by atoms with Gasteiger partial charge in [0, 0.05) is 33.1 Å². The first-order chi connectivity index (χ1) is 15.6. The summed E-state index contributed by atoms with van der Waals surface area (Å²) in [5.74, 6) is 0.483. The van der Waals surface area contributed by atoms with Crippen molar-refractivity contribution >= 4 is 11.8 Å². The van der Waals surface area contributed by atoms with Gasteiger partial charge in [-0.05, 0) is 41.8 Å². The van der Waals surface area contributed by atoms with Gasteiger partial charge in [0.05, 0.1) is 25.7 Å². The number of alkyl halides is 3. The Labute approximate surface area is 190 Å². The fraction of sp³-hybridized carbons (Fsp3) is 0.417. The molecule has 1 aliphatic rings. The summed E-state index contributed by atoms with van der Waals surface area (Å²) in [6.07, 6.45) is -3.67. The van der Waals surface area contributed by atoms with Crippen LogP contribution in [-0.4, -0.2) is 56.0 Å². The Morgan fingerprint density at radius 1 is 1.06 bits per heavy atom. The smallest absolute Gasteiger partial charge is 0.416 e. The lowest BCUT2D eigenvalue weighted by Gasteiger charge is -2.22. The van der Waals surface area contributed by atoms with Gasteiger partial charge < -0.3 is 19.3 Å². The van der Waals surface area contributed by atoms with Gasteiger partial charge in [0.25, 0.3) is 0 Å². The van der Waals surface area contributed by atoms with Gasteiger partial charge in [-0.1, -0.05) is 18.2 Å². The summed E-state index contributed by atoms with van der Waals surface area (Å²) < 4.78 is 48.7. The number of amides is 2. The predicted octanol–water partition coefficient (Wildman–Crippen LogP) is 3.77. The minimum atomic E-state index is -4.40. The van der Waals surface area contributed by atoms with Crippen LogP contribution in [0.4, 0.5) is 13.2 Å². The molecular formula is C24H27F3N2O4. The summed E-state index contributed by atoms with van der Waals surface area (Å²) >= 11 is 0. The molecule has 3 rings (SSSR count). The molecule has 1 saturated heterocycles. The molecule has 1 aliphatic heterocycles. The first-order valence-corrected chi connectivity index (χ1v) is 10.5. The molecule has 0 bridgehead atoms. The predicted molar refractivity (Wildman–Crippen MR) is 116 cm³/mol. The van der Waals surface area contributed by atoms with Gasteiger partial charge in [-0.2, -0.15) is 13.2 Å². The van der Waals surface area contributed by atoms with E-state index in [0.717, 1.165) is 17.7 Å². The number of ether oxygens (including phenoxy) is 2. The second-order valence-electron chi connectivity index (χ2n) is 8.07. The molecule has 1 fully saturated rings. The van der Waals surface area contributed by atoms with Gasteiger partial charge in [-0.25, -0.2) is 0 Å². The number of nitrogens with zero attached hydrogens (tertiary/aromatic N) is 2. The second-order valence-corrected chi connectivity index (χ2v) is 8.07. The monoisotopic (exact) mass is 464 g/mol. The molecule has 6 nitrogen and oxygen atoms in total. The number of benzene rings is 2. The Bertz CT molecular complexity index is 992. The molecule has 2 aromatic rings. The van der Waals surface area contributed by atoms with Crippen molar-refractivity contribution in [2.45, 2.75) is 25.6 Å². The van der Waals surface area contributed by atoms with Crippen LogP contribution < -0.4 is 9.47 Å². The van der Waals surface area contributed by atoms with Crippen molar-refractivity contribution in [1.29, 1.82) is 0 Å². The molecule has 0 radical (unpaired) electrons. The molecule has 1 atom stereocenters. The van der Waals surface area contributed by atoms with Crippen LogP contribution in [0.5, 0.6) is 11.5 Å². The van der Waals surface area contributed by atoms with Crippen molar-refractivity contribution in [3.63, 3.8) is 0 Å². The minimum absolute atomic E-state index is 0.0863. The van der Waals surface area contributed by atoms with Gasteiger partial charge in [0.15, 0.2) is 11.5 Å². The van der Waals surface area contributed by atoms with Crippen LogP contribution in [-0.2, 0) is 28.7 Å². The third kappa shape index (κ3) is 5.97. The van der Waals surface area contributed by atoms with Crippen molar-refractivity contribution in [2.24, 2.45) is 5.92 Å². The van der Waals surface area contributed by atoms with Crippen molar-refractivity contribution in [2.75, 3.05) is 34.4 Å². The highest BCUT2D eigenvalue weighted by Crippen LogP contribution is 2.30. The Morgan fingerprint density at radius 3 is 2.30 bits per heavy atom. The van der Waals surface area contributed by atoms with Gasteiger partial charge in [0.1, 0.15) is 0 Å². The van der Waals surface area contributed by atoms with E-state index >= 15 is 0 Å². The number of rotatable bonds is 8. The van der Waals surface area contributed by atoms with E-state index in [1.54, 1.807) is 26.2 Å². The molecule has 1 unspecified atom stereocenters. The highest BCUT2D eigenvalue weighted by atomic mass is 19.4. The molecule has 0 N–H and O–H groups in total. The maximum absolute atomic E-state index is 12.8. The SMILES string of the molecule is COc1ccc(CCN2CC(C(=O)N(C)Cc3ccc(C(F)(F)F)cc3)CC2=O)cc1OC. The summed E-state index contributed by atoms with van der Waals surface area (Å²) in [5, 5.41) is 0. The zero-order chi connectivity index (χ0) is 24.2. The van der Waals surface area contributed by atoms with E-state index in [4.69, 9.17) is 9.47 Å². The zero-order valence-corrected chi connectivity index (χ0v) is 18.8. The molecule has 0 saturated carbocycles. The van der Waals surface area contributed by atoms with Gasteiger partial charge >= 0.3 is 6.18 Å². The summed E-state index contributed by atoms with van der Waals surface area (Å²) in [4.78, 5) is 28.4. The maximum Gasteiger partial charge on any atom is 0.416 e. The van der Waals surface area contributed by atoms with Gasteiger partial charge in [-0.3, -0.25) is 9.59 Å². The molecular weight excluding hydrogens is 437 g/mol. The fourth-order valence-electron chi connectivity index (χ4n) is 3.92. The fourth-order valence-corrected chi connectivity index (χ4v) is 3.92. The number of likely N-dealkylation sites (tertiary alicyclic amines) is 1. The van der Waals surface area contributed by atoms with Crippen molar-refractivity contribution in [1.82, 2.24) is 9.80 Å². The van der Waals surface area contributed by atoms with Crippen LogP contribution in [0.3, 0.4) is 0 Å². The Morgan fingerprint density at radius 2 is 1.70 bits per heavy atom. The molecule has 0 spiro atoms. The lowest BCUT2D eigenvalue weighted by Crippen LogP contribution is -2.34. The molecule has 0 aliphatic carbocycles. The van der Waals surface area contributed by atoms with E-state index < -0.39 is 17.7 Å². The minimum Gasteiger partial charge on any atom is -0.493 e. The van der Waals surface area contributed by atoms with E-state index in [0.29, 0.717) is 36.6 Å². The largest absolute Gasteiger partial charge is 0.493 e. The highest BCUT2D eigenvalue weighted by molar-refractivity contribution is 5.89. The Balaban J connectivity index is 1.55. The molecule has 178 valence electrons. The molecule has 0 aromatic heterocycles. The third-order valence-corrected chi connectivity index (χ3v) is 5.76. The Hall–Kier alpha value is -3.23. The lowest BCUT2D eigenvalue weighted by atomic mass is 10.1. The average molecular weight is 464 g/mol. The topological polar surface area (TPSA) is 59.1 Å². The lowest BCUT2D eigenvalue weighted by molar-refractivity contribution is -0.137. The van der Waals surface area contributed by atoms with Gasteiger partial charge in [-0.15, -0.1) is 0 Å². The second kappa shape index (κ2) is 10.1. The van der Waals surface area contributed by atoms with Crippen LogP contribution in [0.15, 0.2) is 42.5 Å². The number of halogens is 3. The van der Waals surface area contributed by atoms with Crippen molar-refractivity contribution in [3.8, 4) is 11.5 Å². The Kier molecular flexibility index (Phi) is 7.50. The number of carbonyl (C=O) groups is 2.